The van der Waals surface area contributed by atoms with Gasteiger partial charge in [0.1, 0.15) is 12.2 Å². The Morgan fingerprint density at radius 2 is 1.31 bits per heavy atom. The summed E-state index contributed by atoms with van der Waals surface area (Å²) < 4.78 is 11.4. The van der Waals surface area contributed by atoms with Crippen LogP contribution in [0.5, 0.6) is 0 Å². The zero-order valence-electron chi connectivity index (χ0n) is 24.6. The summed E-state index contributed by atoms with van der Waals surface area (Å²) in [5, 5.41) is 7.21. The van der Waals surface area contributed by atoms with Gasteiger partial charge in [0.25, 0.3) is 0 Å². The van der Waals surface area contributed by atoms with E-state index in [1.165, 1.54) is 0 Å². The smallest absolute Gasteiger partial charge is 0.306 e. The summed E-state index contributed by atoms with van der Waals surface area (Å²) in [4.78, 5) is 24.5. The lowest BCUT2D eigenvalue weighted by atomic mass is 9.81. The third-order valence-electron chi connectivity index (χ3n) is 6.31. The summed E-state index contributed by atoms with van der Waals surface area (Å²) in [6, 6.07) is 0. The maximum atomic E-state index is 12.3. The second kappa shape index (κ2) is 13.4. The molecule has 0 aromatic rings. The van der Waals surface area contributed by atoms with E-state index >= 15 is 0 Å². The molecule has 6 nitrogen and oxygen atoms in total. The van der Waals surface area contributed by atoms with E-state index in [0.717, 1.165) is 57.8 Å². The van der Waals surface area contributed by atoms with Gasteiger partial charge in [-0.3, -0.25) is 9.59 Å². The molecule has 1 unspecified atom stereocenters. The molecule has 0 aromatic carbocycles. The highest BCUT2D eigenvalue weighted by Crippen LogP contribution is 2.30. The van der Waals surface area contributed by atoms with Gasteiger partial charge in [-0.1, -0.05) is 25.7 Å². The number of ether oxygens (including phenoxy) is 2. The fourth-order valence-electron chi connectivity index (χ4n) is 5.91. The maximum absolute atomic E-state index is 12.3. The molecule has 1 saturated heterocycles. The molecule has 0 aromatic heterocycles. The van der Waals surface area contributed by atoms with Crippen LogP contribution in [0.3, 0.4) is 0 Å². The minimum Gasteiger partial charge on any atom is -0.463 e. The van der Waals surface area contributed by atoms with Crippen LogP contribution < -0.4 is 10.6 Å². The third kappa shape index (κ3) is 15.6. The number of esters is 2. The predicted octanol–water partition coefficient (Wildman–Crippen LogP) is 6.45. The molecule has 1 atom stereocenters. The van der Waals surface area contributed by atoms with E-state index in [4.69, 9.17) is 9.47 Å². The number of hydrogen-bond acceptors (Lipinski definition) is 6. The van der Waals surface area contributed by atoms with Gasteiger partial charge in [0.2, 0.25) is 0 Å². The first-order valence-corrected chi connectivity index (χ1v) is 13.9. The van der Waals surface area contributed by atoms with Crippen LogP contribution in [0, 0.1) is 0 Å². The van der Waals surface area contributed by atoms with Crippen molar-refractivity contribution in [1.29, 1.82) is 0 Å². The molecule has 0 aliphatic carbocycles. The van der Waals surface area contributed by atoms with Crippen LogP contribution >= 0.6 is 0 Å². The zero-order chi connectivity index (χ0) is 26.9. The summed E-state index contributed by atoms with van der Waals surface area (Å²) in [6.45, 7) is 21.4. The van der Waals surface area contributed by atoms with Crippen LogP contribution in [-0.2, 0) is 19.1 Å². The van der Waals surface area contributed by atoms with Crippen LogP contribution in [0.25, 0.3) is 0 Å². The largest absolute Gasteiger partial charge is 0.463 e. The van der Waals surface area contributed by atoms with Gasteiger partial charge in [0.15, 0.2) is 0 Å². The van der Waals surface area contributed by atoms with Crippen molar-refractivity contribution in [1.82, 2.24) is 10.6 Å². The lowest BCUT2D eigenvalue weighted by Crippen LogP contribution is -2.59. The topological polar surface area (TPSA) is 76.7 Å². The number of piperidine rings is 1. The Balaban J connectivity index is 2.10. The first kappa shape index (κ1) is 31.9. The average Bonchev–Trinajstić information content (AvgIpc) is 2.58. The molecular formula is C29H56N2O4. The first-order chi connectivity index (χ1) is 15.9. The van der Waals surface area contributed by atoms with Gasteiger partial charge in [-0.25, -0.2) is 0 Å². The maximum Gasteiger partial charge on any atom is 0.306 e. The van der Waals surface area contributed by atoms with Crippen molar-refractivity contribution >= 4 is 11.9 Å². The van der Waals surface area contributed by atoms with Gasteiger partial charge >= 0.3 is 11.9 Å². The summed E-state index contributed by atoms with van der Waals surface area (Å²) in [6.07, 6.45) is 9.30. The fourth-order valence-corrected chi connectivity index (χ4v) is 5.91. The molecule has 0 radical (unpaired) electrons. The minimum atomic E-state index is -0.103. The Bertz CT molecular complexity index is 648. The Labute approximate surface area is 216 Å². The zero-order valence-corrected chi connectivity index (χ0v) is 24.6. The number of carbonyl (C=O) groups is 2. The highest BCUT2D eigenvalue weighted by Gasteiger charge is 2.39. The van der Waals surface area contributed by atoms with E-state index in [2.05, 4.69) is 72.9 Å². The Morgan fingerprint density at radius 3 is 1.80 bits per heavy atom. The van der Waals surface area contributed by atoms with Gasteiger partial charge in [-0.15, -0.1) is 0 Å². The molecule has 1 heterocycles. The van der Waals surface area contributed by atoms with Crippen LogP contribution in [0.15, 0.2) is 0 Å². The molecule has 0 spiro atoms. The van der Waals surface area contributed by atoms with Crippen LogP contribution in [0.1, 0.15) is 140 Å². The molecule has 1 aliphatic rings. The number of carbonyl (C=O) groups excluding carboxylic acids is 2. The molecule has 1 rings (SSSR count). The van der Waals surface area contributed by atoms with Gasteiger partial charge in [0.05, 0.1) is 0 Å². The van der Waals surface area contributed by atoms with Crippen LogP contribution in [0.2, 0.25) is 0 Å². The van der Waals surface area contributed by atoms with Crippen LogP contribution in [-0.4, -0.2) is 46.3 Å². The lowest BCUT2D eigenvalue weighted by molar-refractivity contribution is -0.153. The van der Waals surface area contributed by atoms with Crippen LogP contribution in [0.4, 0.5) is 0 Å². The summed E-state index contributed by atoms with van der Waals surface area (Å²) in [7, 11) is 0. The van der Waals surface area contributed by atoms with Crippen molar-refractivity contribution in [3.8, 4) is 0 Å². The van der Waals surface area contributed by atoms with Gasteiger partial charge < -0.3 is 20.1 Å². The van der Waals surface area contributed by atoms with Crippen molar-refractivity contribution in [3.63, 3.8) is 0 Å². The molecule has 0 saturated carbocycles. The molecule has 0 bridgehead atoms. The molecule has 206 valence electrons. The Hall–Kier alpha value is -1.14. The SMILES string of the molecule is CC(CC(C)(C)NC(C)(C)C)OC(=O)CCCCCCCCC(=O)OC1CC(C)(C)NC(C)(C)C1. The van der Waals surface area contributed by atoms with E-state index in [-0.39, 0.29) is 46.3 Å². The predicted molar refractivity (Wildman–Crippen MR) is 144 cm³/mol. The van der Waals surface area contributed by atoms with E-state index < -0.39 is 0 Å². The Morgan fingerprint density at radius 1 is 0.857 bits per heavy atom. The Kier molecular flexibility index (Phi) is 12.2. The first-order valence-electron chi connectivity index (χ1n) is 13.9. The molecule has 2 N–H and O–H groups in total. The summed E-state index contributed by atoms with van der Waals surface area (Å²) >= 11 is 0. The monoisotopic (exact) mass is 496 g/mol. The van der Waals surface area contributed by atoms with Crippen molar-refractivity contribution in [2.75, 3.05) is 0 Å². The molecule has 1 aliphatic heterocycles. The average molecular weight is 497 g/mol. The summed E-state index contributed by atoms with van der Waals surface area (Å²) in [5.41, 5.74) is -0.103. The van der Waals surface area contributed by atoms with E-state index in [1.54, 1.807) is 0 Å². The molecular weight excluding hydrogens is 440 g/mol. The van der Waals surface area contributed by atoms with E-state index in [9.17, 15) is 9.59 Å². The third-order valence-corrected chi connectivity index (χ3v) is 6.31. The highest BCUT2D eigenvalue weighted by molar-refractivity contribution is 5.69. The van der Waals surface area contributed by atoms with Crippen molar-refractivity contribution in [2.45, 2.75) is 174 Å². The second-order valence-corrected chi connectivity index (χ2v) is 13.8. The highest BCUT2D eigenvalue weighted by atomic mass is 16.5. The quantitative estimate of drug-likeness (QED) is 0.213. The number of rotatable bonds is 14. The van der Waals surface area contributed by atoms with Crippen molar-refractivity contribution < 1.29 is 19.1 Å². The minimum absolute atomic E-state index is 0.00273. The van der Waals surface area contributed by atoms with Gasteiger partial charge in [-0.2, -0.15) is 0 Å². The van der Waals surface area contributed by atoms with Gasteiger partial charge in [-0.05, 0) is 82.1 Å². The number of unbranched alkanes of at least 4 members (excludes halogenated alkanes) is 5. The fraction of sp³-hybridized carbons (Fsp3) is 0.931. The lowest BCUT2D eigenvalue weighted by Gasteiger charge is -2.45. The molecule has 6 heteroatoms. The van der Waals surface area contributed by atoms with Crippen molar-refractivity contribution in [2.24, 2.45) is 0 Å². The van der Waals surface area contributed by atoms with E-state index in [0.29, 0.717) is 12.8 Å². The van der Waals surface area contributed by atoms with Gasteiger partial charge in [0, 0.05) is 54.3 Å². The molecule has 1 fully saturated rings. The number of nitrogens with one attached hydrogen (secondary N) is 2. The normalized spacial score (nSPS) is 19.3. The second-order valence-electron chi connectivity index (χ2n) is 13.8. The standard InChI is InChI=1S/C29H56N2O4/c1-22(19-27(5,6)30-26(2,3)4)34-24(32)17-15-13-11-12-14-16-18-25(33)35-23-20-28(7,8)31-29(9,10)21-23/h22-23,30-31H,11-21H2,1-10H3. The van der Waals surface area contributed by atoms with Crippen molar-refractivity contribution in [3.05, 3.63) is 0 Å². The molecule has 0 amide bonds. The number of hydrogen-bond donors (Lipinski definition) is 2. The molecule has 35 heavy (non-hydrogen) atoms. The van der Waals surface area contributed by atoms with E-state index in [1.807, 2.05) is 6.92 Å². The summed E-state index contributed by atoms with van der Waals surface area (Å²) in [5.74, 6) is -0.169.